The van der Waals surface area contributed by atoms with E-state index in [4.69, 9.17) is 9.47 Å². The Kier molecular flexibility index (Phi) is 5.96. The number of hydrogen-bond acceptors (Lipinski definition) is 4. The van der Waals surface area contributed by atoms with E-state index in [9.17, 15) is 0 Å². The summed E-state index contributed by atoms with van der Waals surface area (Å²) in [5.74, 6) is 2.11. The molecule has 1 aliphatic carbocycles. The van der Waals surface area contributed by atoms with E-state index in [1.807, 2.05) is 18.3 Å². The minimum atomic E-state index is 0.468. The SMILES string of the molecule is C1=CC(CN2CCc3ccc(OCc4cccnc4)cc3C2)[C@@H](CC2CCO2)C=C1. The van der Waals surface area contributed by atoms with Crippen LogP contribution in [0, 0.1) is 11.8 Å². The van der Waals surface area contributed by atoms with Gasteiger partial charge in [-0.1, -0.05) is 36.4 Å². The summed E-state index contributed by atoms with van der Waals surface area (Å²) in [5, 5.41) is 0. The number of allylic oxidation sites excluding steroid dienone is 3. The van der Waals surface area contributed by atoms with Gasteiger partial charge in [0, 0.05) is 44.2 Å². The summed E-state index contributed by atoms with van der Waals surface area (Å²) in [5.41, 5.74) is 3.95. The van der Waals surface area contributed by atoms with Crippen molar-refractivity contribution in [2.24, 2.45) is 11.8 Å². The van der Waals surface area contributed by atoms with Crippen molar-refractivity contribution in [2.75, 3.05) is 19.7 Å². The van der Waals surface area contributed by atoms with Crippen LogP contribution in [0.4, 0.5) is 0 Å². The van der Waals surface area contributed by atoms with Gasteiger partial charge in [0.25, 0.3) is 0 Å². The quantitative estimate of drug-likeness (QED) is 0.680. The van der Waals surface area contributed by atoms with E-state index in [2.05, 4.69) is 52.4 Å². The molecule has 3 atom stereocenters. The lowest BCUT2D eigenvalue weighted by atomic mass is 9.82. The van der Waals surface area contributed by atoms with Gasteiger partial charge < -0.3 is 9.47 Å². The lowest BCUT2D eigenvalue weighted by Gasteiger charge is -2.36. The van der Waals surface area contributed by atoms with Gasteiger partial charge in [-0.3, -0.25) is 9.88 Å². The Morgan fingerprint density at radius 2 is 2.00 bits per heavy atom. The summed E-state index contributed by atoms with van der Waals surface area (Å²) in [6, 6.07) is 10.6. The Hall–Kier alpha value is -2.43. The third kappa shape index (κ3) is 4.66. The third-order valence-corrected chi connectivity index (χ3v) is 6.57. The number of rotatable bonds is 7. The highest BCUT2D eigenvalue weighted by molar-refractivity contribution is 5.37. The molecule has 30 heavy (non-hydrogen) atoms. The minimum absolute atomic E-state index is 0.468. The molecule has 156 valence electrons. The van der Waals surface area contributed by atoms with E-state index in [1.165, 1.54) is 17.5 Å². The van der Waals surface area contributed by atoms with Gasteiger partial charge in [-0.05, 0) is 60.4 Å². The number of aromatic nitrogens is 1. The predicted molar refractivity (Wildman–Crippen MR) is 118 cm³/mol. The van der Waals surface area contributed by atoms with Crippen molar-refractivity contribution in [3.63, 3.8) is 0 Å². The number of fused-ring (bicyclic) bond motifs is 1. The van der Waals surface area contributed by atoms with Gasteiger partial charge in [0.2, 0.25) is 0 Å². The van der Waals surface area contributed by atoms with Crippen LogP contribution < -0.4 is 4.74 Å². The average Bonchev–Trinajstić information content (AvgIpc) is 2.76. The first-order valence-corrected chi connectivity index (χ1v) is 11.2. The van der Waals surface area contributed by atoms with Crippen LogP contribution in [-0.2, 0) is 24.3 Å². The van der Waals surface area contributed by atoms with Crippen molar-refractivity contribution < 1.29 is 9.47 Å². The molecule has 3 aliphatic rings. The first kappa shape index (κ1) is 19.5. The molecule has 5 rings (SSSR count). The second-order valence-corrected chi connectivity index (χ2v) is 8.68. The molecule has 1 aromatic carbocycles. The molecule has 0 amide bonds. The molecule has 1 saturated heterocycles. The van der Waals surface area contributed by atoms with Crippen molar-refractivity contribution in [3.05, 3.63) is 83.7 Å². The summed E-state index contributed by atoms with van der Waals surface area (Å²) in [6.07, 6.45) is 16.8. The zero-order chi connectivity index (χ0) is 20.2. The van der Waals surface area contributed by atoms with Gasteiger partial charge >= 0.3 is 0 Å². The van der Waals surface area contributed by atoms with Gasteiger partial charge in [-0.15, -0.1) is 0 Å². The number of nitrogens with zero attached hydrogens (tertiary/aromatic N) is 2. The first-order valence-electron chi connectivity index (χ1n) is 11.2. The standard InChI is InChI=1S/C26H30N2O2/c1-2-6-23(22(5-1)14-26-10-13-29-26)17-28-12-9-21-7-8-25(15-24(21)18-28)30-19-20-4-3-11-27-16-20/h1-8,11,15-16,22-23,26H,9-10,12-14,17-19H2/t22-,23?,26?/m1/s1. The molecule has 4 heteroatoms. The first-order chi connectivity index (χ1) is 14.8. The largest absolute Gasteiger partial charge is 0.489 e. The smallest absolute Gasteiger partial charge is 0.120 e. The molecule has 0 bridgehead atoms. The molecule has 1 aromatic heterocycles. The number of pyridine rings is 1. The molecule has 0 saturated carbocycles. The van der Waals surface area contributed by atoms with Crippen molar-refractivity contribution >= 4 is 0 Å². The van der Waals surface area contributed by atoms with Crippen LogP contribution >= 0.6 is 0 Å². The lowest BCUT2D eigenvalue weighted by Crippen LogP contribution is -2.38. The Bertz CT molecular complexity index is 905. The maximum Gasteiger partial charge on any atom is 0.120 e. The molecule has 2 aromatic rings. The number of benzene rings is 1. The van der Waals surface area contributed by atoms with E-state index >= 15 is 0 Å². The summed E-state index contributed by atoms with van der Waals surface area (Å²) in [6.45, 7) is 4.73. The van der Waals surface area contributed by atoms with Crippen LogP contribution in [0.3, 0.4) is 0 Å². The molecule has 4 nitrogen and oxygen atoms in total. The Balaban J connectivity index is 1.20. The summed E-state index contributed by atoms with van der Waals surface area (Å²) in [7, 11) is 0. The molecule has 3 heterocycles. The Labute approximate surface area is 179 Å². The van der Waals surface area contributed by atoms with E-state index in [-0.39, 0.29) is 0 Å². The zero-order valence-corrected chi connectivity index (χ0v) is 17.5. The number of hydrogen-bond donors (Lipinski definition) is 0. The van der Waals surface area contributed by atoms with Gasteiger partial charge in [0.05, 0.1) is 6.10 Å². The third-order valence-electron chi connectivity index (χ3n) is 6.57. The fourth-order valence-corrected chi connectivity index (χ4v) is 4.71. The molecule has 1 fully saturated rings. The highest BCUT2D eigenvalue weighted by Gasteiger charge is 2.28. The van der Waals surface area contributed by atoms with Crippen molar-refractivity contribution in [2.45, 2.75) is 38.5 Å². The zero-order valence-electron chi connectivity index (χ0n) is 17.5. The minimum Gasteiger partial charge on any atom is -0.489 e. The highest BCUT2D eigenvalue weighted by Crippen LogP contribution is 2.31. The van der Waals surface area contributed by atoms with Crippen molar-refractivity contribution in [1.82, 2.24) is 9.88 Å². The predicted octanol–water partition coefficient (Wildman–Crippen LogP) is 4.56. The molecule has 0 N–H and O–H groups in total. The summed E-state index contributed by atoms with van der Waals surface area (Å²) >= 11 is 0. The van der Waals surface area contributed by atoms with Gasteiger partial charge in [0.15, 0.2) is 0 Å². The fraction of sp³-hybridized carbons (Fsp3) is 0.423. The van der Waals surface area contributed by atoms with Crippen LogP contribution in [0.5, 0.6) is 5.75 Å². The van der Waals surface area contributed by atoms with Crippen LogP contribution in [0.1, 0.15) is 29.5 Å². The Morgan fingerprint density at radius 1 is 1.10 bits per heavy atom. The Morgan fingerprint density at radius 3 is 2.80 bits per heavy atom. The topological polar surface area (TPSA) is 34.6 Å². The number of ether oxygens (including phenoxy) is 2. The molecule has 2 aliphatic heterocycles. The average molecular weight is 403 g/mol. The second kappa shape index (κ2) is 9.15. The van der Waals surface area contributed by atoms with E-state index in [0.29, 0.717) is 24.5 Å². The normalized spacial score (nSPS) is 25.5. The van der Waals surface area contributed by atoms with E-state index in [0.717, 1.165) is 50.4 Å². The van der Waals surface area contributed by atoms with Gasteiger partial charge in [-0.2, -0.15) is 0 Å². The molecule has 0 radical (unpaired) electrons. The van der Waals surface area contributed by atoms with E-state index in [1.54, 1.807) is 6.20 Å². The van der Waals surface area contributed by atoms with Crippen LogP contribution in [0.2, 0.25) is 0 Å². The van der Waals surface area contributed by atoms with Crippen molar-refractivity contribution in [3.8, 4) is 5.75 Å². The van der Waals surface area contributed by atoms with Gasteiger partial charge in [-0.25, -0.2) is 0 Å². The maximum atomic E-state index is 6.03. The maximum absolute atomic E-state index is 6.03. The lowest BCUT2D eigenvalue weighted by molar-refractivity contribution is -0.0628. The summed E-state index contributed by atoms with van der Waals surface area (Å²) in [4.78, 5) is 6.77. The molecular formula is C26H30N2O2. The molecular weight excluding hydrogens is 372 g/mol. The van der Waals surface area contributed by atoms with Crippen molar-refractivity contribution in [1.29, 1.82) is 0 Å². The fourth-order valence-electron chi connectivity index (χ4n) is 4.71. The van der Waals surface area contributed by atoms with Crippen LogP contribution in [0.15, 0.2) is 67.0 Å². The molecule has 0 spiro atoms. The van der Waals surface area contributed by atoms with Crippen LogP contribution in [-0.4, -0.2) is 35.7 Å². The molecule has 2 unspecified atom stereocenters. The monoisotopic (exact) mass is 402 g/mol. The second-order valence-electron chi connectivity index (χ2n) is 8.68. The van der Waals surface area contributed by atoms with E-state index < -0.39 is 0 Å². The summed E-state index contributed by atoms with van der Waals surface area (Å²) < 4.78 is 11.7. The highest BCUT2D eigenvalue weighted by atomic mass is 16.5. The van der Waals surface area contributed by atoms with Gasteiger partial charge in [0.1, 0.15) is 12.4 Å². The van der Waals surface area contributed by atoms with Crippen LogP contribution in [0.25, 0.3) is 0 Å².